The number of nitrogens with one attached hydrogen (secondary N) is 1. The number of carbonyl (C=O) groups is 1. The van der Waals surface area contributed by atoms with Gasteiger partial charge in [-0.25, -0.2) is 4.98 Å². The van der Waals surface area contributed by atoms with Gasteiger partial charge in [0.2, 0.25) is 5.91 Å². The number of aryl methyl sites for hydroxylation is 2. The van der Waals surface area contributed by atoms with Crippen molar-refractivity contribution in [2.75, 3.05) is 0 Å². The molecule has 1 N–H and O–H groups in total. The predicted molar refractivity (Wildman–Crippen MR) is 87.5 cm³/mol. The summed E-state index contributed by atoms with van der Waals surface area (Å²) < 4.78 is 0. The first kappa shape index (κ1) is 15.7. The average Bonchev–Trinajstić information content (AvgIpc) is 2.89. The molecule has 0 unspecified atom stereocenters. The fourth-order valence-electron chi connectivity index (χ4n) is 2.07. The number of aromatic nitrogens is 1. The van der Waals surface area contributed by atoms with E-state index in [1.807, 2.05) is 12.3 Å². The van der Waals surface area contributed by atoms with E-state index in [0.29, 0.717) is 18.9 Å². The van der Waals surface area contributed by atoms with Crippen molar-refractivity contribution in [1.82, 2.24) is 10.3 Å². The molecule has 2 rings (SSSR count). The normalized spacial score (nSPS) is 10.9. The third kappa shape index (κ3) is 4.97. The number of benzene rings is 1. The summed E-state index contributed by atoms with van der Waals surface area (Å²) in [5, 5.41) is 5.88. The van der Waals surface area contributed by atoms with Gasteiger partial charge < -0.3 is 5.32 Å². The van der Waals surface area contributed by atoms with Crippen LogP contribution < -0.4 is 5.32 Å². The Balaban J connectivity index is 1.75. The Bertz CT molecular complexity index is 587. The molecular formula is C17H22N2OS. The Hall–Kier alpha value is -1.68. The first-order valence-electron chi connectivity index (χ1n) is 7.31. The largest absolute Gasteiger partial charge is 0.350 e. The van der Waals surface area contributed by atoms with Gasteiger partial charge in [0.05, 0.1) is 6.54 Å². The summed E-state index contributed by atoms with van der Waals surface area (Å²) in [6, 6.07) is 8.53. The minimum atomic E-state index is 0.0794. The molecular weight excluding hydrogens is 280 g/mol. The van der Waals surface area contributed by atoms with Crippen LogP contribution in [0.25, 0.3) is 0 Å². The summed E-state index contributed by atoms with van der Waals surface area (Å²) in [5.41, 5.74) is 3.55. The van der Waals surface area contributed by atoms with E-state index < -0.39 is 0 Å². The van der Waals surface area contributed by atoms with E-state index in [1.54, 1.807) is 11.3 Å². The molecule has 0 saturated heterocycles. The zero-order valence-corrected chi connectivity index (χ0v) is 13.7. The Kier molecular flexibility index (Phi) is 5.51. The van der Waals surface area contributed by atoms with Crippen molar-refractivity contribution in [1.29, 1.82) is 0 Å². The Labute approximate surface area is 130 Å². The quantitative estimate of drug-likeness (QED) is 0.881. The molecule has 0 saturated carbocycles. The van der Waals surface area contributed by atoms with E-state index in [2.05, 4.69) is 48.4 Å². The van der Waals surface area contributed by atoms with Crippen LogP contribution in [0.1, 0.15) is 48.0 Å². The first-order chi connectivity index (χ1) is 10.0. The van der Waals surface area contributed by atoms with Crippen LogP contribution >= 0.6 is 11.3 Å². The lowest BCUT2D eigenvalue weighted by Crippen LogP contribution is -2.22. The fraction of sp³-hybridized carbons (Fsp3) is 0.412. The molecule has 2 aromatic rings. The van der Waals surface area contributed by atoms with Crippen molar-refractivity contribution in [3.63, 3.8) is 0 Å². The smallest absolute Gasteiger partial charge is 0.220 e. The second-order valence-corrected chi connectivity index (χ2v) is 6.50. The van der Waals surface area contributed by atoms with Crippen molar-refractivity contribution >= 4 is 17.2 Å². The van der Waals surface area contributed by atoms with Gasteiger partial charge in [-0.3, -0.25) is 4.79 Å². The molecule has 0 aliphatic heterocycles. The van der Waals surface area contributed by atoms with Crippen LogP contribution in [-0.4, -0.2) is 10.9 Å². The van der Waals surface area contributed by atoms with Crippen LogP contribution in [-0.2, 0) is 17.8 Å². The van der Waals surface area contributed by atoms with E-state index in [9.17, 15) is 4.79 Å². The SMILES string of the molecule is Cc1csc(CNC(=O)CCc2ccc(C(C)C)cc2)n1. The Morgan fingerprint density at radius 3 is 2.57 bits per heavy atom. The van der Waals surface area contributed by atoms with Crippen LogP contribution in [0.5, 0.6) is 0 Å². The molecule has 1 aromatic heterocycles. The average molecular weight is 302 g/mol. The third-order valence-corrected chi connectivity index (χ3v) is 4.36. The fourth-order valence-corrected chi connectivity index (χ4v) is 2.79. The summed E-state index contributed by atoms with van der Waals surface area (Å²) in [6.45, 7) is 6.86. The molecule has 0 aliphatic rings. The molecule has 3 nitrogen and oxygen atoms in total. The molecule has 0 radical (unpaired) electrons. The second kappa shape index (κ2) is 7.36. The molecule has 0 aliphatic carbocycles. The van der Waals surface area contributed by atoms with Gasteiger partial charge in [-0.1, -0.05) is 38.1 Å². The van der Waals surface area contributed by atoms with E-state index in [0.717, 1.165) is 17.1 Å². The monoisotopic (exact) mass is 302 g/mol. The summed E-state index contributed by atoms with van der Waals surface area (Å²) in [4.78, 5) is 16.2. The maximum absolute atomic E-state index is 11.8. The van der Waals surface area contributed by atoms with Crippen molar-refractivity contribution in [3.05, 3.63) is 51.5 Å². The lowest BCUT2D eigenvalue weighted by molar-refractivity contribution is -0.121. The zero-order valence-electron chi connectivity index (χ0n) is 12.8. The van der Waals surface area contributed by atoms with E-state index in [1.165, 1.54) is 11.1 Å². The van der Waals surface area contributed by atoms with Crippen LogP contribution in [0.3, 0.4) is 0 Å². The van der Waals surface area contributed by atoms with Gasteiger partial charge in [0.1, 0.15) is 5.01 Å². The third-order valence-electron chi connectivity index (χ3n) is 3.39. The molecule has 1 aromatic carbocycles. The minimum Gasteiger partial charge on any atom is -0.350 e. The van der Waals surface area contributed by atoms with Crippen molar-refractivity contribution in [2.24, 2.45) is 0 Å². The van der Waals surface area contributed by atoms with Gasteiger partial charge >= 0.3 is 0 Å². The second-order valence-electron chi connectivity index (χ2n) is 5.56. The molecule has 0 spiro atoms. The van der Waals surface area contributed by atoms with E-state index in [4.69, 9.17) is 0 Å². The van der Waals surface area contributed by atoms with E-state index >= 15 is 0 Å². The molecule has 21 heavy (non-hydrogen) atoms. The maximum atomic E-state index is 11.8. The number of hydrogen-bond donors (Lipinski definition) is 1. The highest BCUT2D eigenvalue weighted by Gasteiger charge is 2.05. The predicted octanol–water partition coefficient (Wildman–Crippen LogP) is 3.82. The lowest BCUT2D eigenvalue weighted by atomic mass is 10.0. The number of thiazole rings is 1. The van der Waals surface area contributed by atoms with Gasteiger partial charge in [0.25, 0.3) is 0 Å². The molecule has 0 bridgehead atoms. The molecule has 4 heteroatoms. The lowest BCUT2D eigenvalue weighted by Gasteiger charge is -2.07. The number of rotatable bonds is 6. The van der Waals surface area contributed by atoms with Crippen LogP contribution in [0.4, 0.5) is 0 Å². The maximum Gasteiger partial charge on any atom is 0.220 e. The van der Waals surface area contributed by atoms with Gasteiger partial charge in [-0.05, 0) is 30.4 Å². The number of carbonyl (C=O) groups excluding carboxylic acids is 1. The van der Waals surface area contributed by atoms with Crippen LogP contribution in [0.2, 0.25) is 0 Å². The number of nitrogens with zero attached hydrogens (tertiary/aromatic N) is 1. The summed E-state index contributed by atoms with van der Waals surface area (Å²) in [5.74, 6) is 0.625. The van der Waals surface area contributed by atoms with Crippen LogP contribution in [0.15, 0.2) is 29.6 Å². The summed E-state index contributed by atoms with van der Waals surface area (Å²) >= 11 is 1.58. The highest BCUT2D eigenvalue weighted by molar-refractivity contribution is 7.09. The van der Waals surface area contributed by atoms with Crippen molar-refractivity contribution in [2.45, 2.75) is 46.1 Å². The van der Waals surface area contributed by atoms with Crippen molar-refractivity contribution < 1.29 is 4.79 Å². The van der Waals surface area contributed by atoms with Gasteiger partial charge in [0, 0.05) is 17.5 Å². The summed E-state index contributed by atoms with van der Waals surface area (Å²) in [6.07, 6.45) is 1.30. The van der Waals surface area contributed by atoms with Gasteiger partial charge in [0.15, 0.2) is 0 Å². The molecule has 1 heterocycles. The Morgan fingerprint density at radius 1 is 1.29 bits per heavy atom. The standard InChI is InChI=1S/C17H22N2OS/c1-12(2)15-7-4-14(5-8-15)6-9-16(20)18-10-17-19-13(3)11-21-17/h4-5,7-8,11-12H,6,9-10H2,1-3H3,(H,18,20). The van der Waals surface area contributed by atoms with E-state index in [-0.39, 0.29) is 5.91 Å². The topological polar surface area (TPSA) is 42.0 Å². The minimum absolute atomic E-state index is 0.0794. The van der Waals surface area contributed by atoms with Gasteiger partial charge in [-0.2, -0.15) is 0 Å². The zero-order chi connectivity index (χ0) is 15.2. The molecule has 112 valence electrons. The summed E-state index contributed by atoms with van der Waals surface area (Å²) in [7, 11) is 0. The molecule has 0 atom stereocenters. The Morgan fingerprint density at radius 2 is 2.00 bits per heavy atom. The van der Waals surface area contributed by atoms with Crippen molar-refractivity contribution in [3.8, 4) is 0 Å². The van der Waals surface area contributed by atoms with Crippen LogP contribution in [0, 0.1) is 6.92 Å². The van der Waals surface area contributed by atoms with Gasteiger partial charge in [-0.15, -0.1) is 11.3 Å². The number of hydrogen-bond acceptors (Lipinski definition) is 3. The highest BCUT2D eigenvalue weighted by Crippen LogP contribution is 2.15. The number of amides is 1. The molecule has 1 amide bonds. The molecule has 0 fully saturated rings. The first-order valence-corrected chi connectivity index (χ1v) is 8.19. The highest BCUT2D eigenvalue weighted by atomic mass is 32.1.